The highest BCUT2D eigenvalue weighted by Gasteiger charge is 2.20. The van der Waals surface area contributed by atoms with Gasteiger partial charge in [-0.05, 0) is 5.56 Å². The summed E-state index contributed by atoms with van der Waals surface area (Å²) >= 11 is 0. The number of carboxylic acid groups (broad SMARTS) is 1. The van der Waals surface area contributed by atoms with Crippen molar-refractivity contribution in [1.82, 2.24) is 4.72 Å². The third kappa shape index (κ3) is 4.68. The Hall–Kier alpha value is -1.66. The summed E-state index contributed by atoms with van der Waals surface area (Å²) in [6, 6.07) is 7.83. The summed E-state index contributed by atoms with van der Waals surface area (Å²) in [6.07, 6.45) is 0.950. The van der Waals surface area contributed by atoms with Crippen LogP contribution in [0.1, 0.15) is 18.0 Å². The molecular weight excluding hydrogens is 254 g/mol. The fraction of sp³-hybridized carbons (Fsp3) is 0.250. The van der Waals surface area contributed by atoms with Crippen LogP contribution in [0.2, 0.25) is 0 Å². The third-order valence-corrected chi connectivity index (χ3v) is 3.56. The minimum atomic E-state index is -3.56. The first-order valence-corrected chi connectivity index (χ1v) is 6.97. The van der Waals surface area contributed by atoms with Crippen LogP contribution in [0.4, 0.5) is 0 Å². The smallest absolute Gasteiger partial charge is 0.305 e. The topological polar surface area (TPSA) is 83.5 Å². The van der Waals surface area contributed by atoms with E-state index in [1.165, 1.54) is 6.08 Å². The van der Waals surface area contributed by atoms with Crippen LogP contribution >= 0.6 is 0 Å². The number of benzene rings is 1. The van der Waals surface area contributed by atoms with Gasteiger partial charge >= 0.3 is 5.97 Å². The Labute approximate surface area is 106 Å². The van der Waals surface area contributed by atoms with Gasteiger partial charge in [0.1, 0.15) is 0 Å². The van der Waals surface area contributed by atoms with Gasteiger partial charge in [0, 0.05) is 0 Å². The second-order valence-corrected chi connectivity index (χ2v) is 5.55. The molecule has 0 heterocycles. The molecule has 6 heteroatoms. The molecule has 1 aromatic carbocycles. The quantitative estimate of drug-likeness (QED) is 0.731. The minimum absolute atomic E-state index is 0.240. The molecule has 0 bridgehead atoms. The summed E-state index contributed by atoms with van der Waals surface area (Å²) in [4.78, 5) is 10.8. The lowest BCUT2D eigenvalue weighted by Gasteiger charge is -2.16. The van der Waals surface area contributed by atoms with Gasteiger partial charge in [0.05, 0.1) is 18.2 Å². The Morgan fingerprint density at radius 2 is 2.00 bits per heavy atom. The van der Waals surface area contributed by atoms with Crippen LogP contribution < -0.4 is 4.72 Å². The molecule has 98 valence electrons. The van der Waals surface area contributed by atoms with Gasteiger partial charge in [-0.25, -0.2) is 13.1 Å². The average molecular weight is 269 g/mol. The van der Waals surface area contributed by atoms with Crippen LogP contribution in [0, 0.1) is 0 Å². The van der Waals surface area contributed by atoms with Gasteiger partial charge < -0.3 is 5.11 Å². The maximum absolute atomic E-state index is 11.6. The first-order valence-electron chi connectivity index (χ1n) is 5.32. The van der Waals surface area contributed by atoms with Gasteiger partial charge in [-0.1, -0.05) is 36.4 Å². The number of nitrogens with one attached hydrogen (secondary N) is 1. The summed E-state index contributed by atoms with van der Waals surface area (Å²) in [5, 5.41) is 8.82. The Morgan fingerprint density at radius 1 is 1.39 bits per heavy atom. The molecule has 0 spiro atoms. The van der Waals surface area contributed by atoms with E-state index in [-0.39, 0.29) is 12.2 Å². The van der Waals surface area contributed by atoms with Crippen molar-refractivity contribution < 1.29 is 18.3 Å². The average Bonchev–Trinajstić information content (AvgIpc) is 2.28. The first kappa shape index (κ1) is 14.4. The standard InChI is InChI=1S/C12H15NO4S/c1-2-8-18(16,17)13-11(9-12(14)15)10-6-4-3-5-7-10/h2-7,11,13H,1,8-9H2,(H,14,15). The lowest BCUT2D eigenvalue weighted by molar-refractivity contribution is -0.137. The van der Waals surface area contributed by atoms with Crippen LogP contribution in [0.5, 0.6) is 0 Å². The van der Waals surface area contributed by atoms with Crippen LogP contribution in [0.25, 0.3) is 0 Å². The number of hydrogen-bond donors (Lipinski definition) is 2. The van der Waals surface area contributed by atoms with Crippen molar-refractivity contribution in [3.8, 4) is 0 Å². The highest BCUT2D eigenvalue weighted by Crippen LogP contribution is 2.17. The third-order valence-electron chi connectivity index (χ3n) is 2.24. The number of hydrogen-bond acceptors (Lipinski definition) is 3. The van der Waals surface area contributed by atoms with Crippen molar-refractivity contribution in [3.63, 3.8) is 0 Å². The molecule has 5 nitrogen and oxygen atoms in total. The lowest BCUT2D eigenvalue weighted by atomic mass is 10.1. The molecular formula is C12H15NO4S. The van der Waals surface area contributed by atoms with E-state index in [0.29, 0.717) is 5.56 Å². The normalized spacial score (nSPS) is 12.9. The predicted molar refractivity (Wildman–Crippen MR) is 68.6 cm³/mol. The van der Waals surface area contributed by atoms with Crippen LogP contribution in [0.3, 0.4) is 0 Å². The maximum atomic E-state index is 11.6. The maximum Gasteiger partial charge on any atom is 0.305 e. The minimum Gasteiger partial charge on any atom is -0.481 e. The number of sulfonamides is 1. The van der Waals surface area contributed by atoms with Crippen LogP contribution in [-0.2, 0) is 14.8 Å². The van der Waals surface area contributed by atoms with E-state index in [9.17, 15) is 13.2 Å². The molecule has 0 aliphatic rings. The Kier molecular flexibility index (Phi) is 5.06. The molecule has 1 unspecified atom stereocenters. The van der Waals surface area contributed by atoms with E-state index < -0.39 is 22.0 Å². The molecule has 0 amide bonds. The van der Waals surface area contributed by atoms with Crippen molar-refractivity contribution in [2.75, 3.05) is 5.75 Å². The monoisotopic (exact) mass is 269 g/mol. The SMILES string of the molecule is C=CCS(=O)(=O)NC(CC(=O)O)c1ccccc1. The zero-order valence-corrected chi connectivity index (χ0v) is 10.6. The Balaban J connectivity index is 2.93. The highest BCUT2D eigenvalue weighted by molar-refractivity contribution is 7.89. The second kappa shape index (κ2) is 6.32. The molecule has 0 saturated heterocycles. The van der Waals surface area contributed by atoms with Crippen molar-refractivity contribution in [2.24, 2.45) is 0 Å². The Morgan fingerprint density at radius 3 is 2.50 bits per heavy atom. The first-order chi connectivity index (χ1) is 8.44. The van der Waals surface area contributed by atoms with Gasteiger partial charge in [-0.2, -0.15) is 0 Å². The second-order valence-electron chi connectivity index (χ2n) is 3.75. The van der Waals surface area contributed by atoms with E-state index in [1.54, 1.807) is 30.3 Å². The lowest BCUT2D eigenvalue weighted by Crippen LogP contribution is -2.31. The van der Waals surface area contributed by atoms with Crippen LogP contribution in [0.15, 0.2) is 43.0 Å². The molecule has 18 heavy (non-hydrogen) atoms. The zero-order chi connectivity index (χ0) is 13.6. The zero-order valence-electron chi connectivity index (χ0n) is 9.74. The van der Waals surface area contributed by atoms with Crippen molar-refractivity contribution in [1.29, 1.82) is 0 Å². The largest absolute Gasteiger partial charge is 0.481 e. The van der Waals surface area contributed by atoms with Gasteiger partial charge in [-0.15, -0.1) is 6.58 Å². The van der Waals surface area contributed by atoms with E-state index in [0.717, 1.165) is 0 Å². The molecule has 0 aliphatic heterocycles. The molecule has 2 N–H and O–H groups in total. The summed E-state index contributed by atoms with van der Waals surface area (Å²) in [7, 11) is -3.56. The number of carbonyl (C=O) groups is 1. The number of carboxylic acids is 1. The van der Waals surface area contributed by atoms with E-state index in [1.807, 2.05) is 0 Å². The molecule has 0 aliphatic carbocycles. The van der Waals surface area contributed by atoms with Crippen molar-refractivity contribution in [2.45, 2.75) is 12.5 Å². The van der Waals surface area contributed by atoms with E-state index >= 15 is 0 Å². The molecule has 0 saturated carbocycles. The predicted octanol–water partition coefficient (Wildman–Crippen LogP) is 1.31. The van der Waals surface area contributed by atoms with Crippen LogP contribution in [-0.4, -0.2) is 25.2 Å². The van der Waals surface area contributed by atoms with Crippen molar-refractivity contribution in [3.05, 3.63) is 48.6 Å². The molecule has 0 fully saturated rings. The Bertz CT molecular complexity index is 510. The van der Waals surface area contributed by atoms with Gasteiger partial charge in [-0.3, -0.25) is 4.79 Å². The summed E-state index contributed by atoms with van der Waals surface area (Å²) in [6.45, 7) is 3.35. The van der Waals surface area contributed by atoms with Gasteiger partial charge in [0.25, 0.3) is 0 Å². The molecule has 0 aromatic heterocycles. The van der Waals surface area contributed by atoms with E-state index in [4.69, 9.17) is 5.11 Å². The fourth-order valence-corrected chi connectivity index (χ4v) is 2.57. The van der Waals surface area contributed by atoms with Gasteiger partial charge in [0.2, 0.25) is 10.0 Å². The van der Waals surface area contributed by atoms with Crippen molar-refractivity contribution >= 4 is 16.0 Å². The summed E-state index contributed by atoms with van der Waals surface area (Å²) < 4.78 is 25.6. The molecule has 0 radical (unpaired) electrons. The van der Waals surface area contributed by atoms with Gasteiger partial charge in [0.15, 0.2) is 0 Å². The number of aliphatic carboxylic acids is 1. The summed E-state index contributed by atoms with van der Waals surface area (Å²) in [5.41, 5.74) is 0.618. The highest BCUT2D eigenvalue weighted by atomic mass is 32.2. The molecule has 1 atom stereocenters. The number of rotatable bonds is 7. The fourth-order valence-electron chi connectivity index (χ4n) is 1.51. The van der Waals surface area contributed by atoms with E-state index in [2.05, 4.69) is 11.3 Å². The molecule has 1 rings (SSSR count). The summed E-state index contributed by atoms with van der Waals surface area (Å²) in [5.74, 6) is -1.30. The molecule has 1 aromatic rings.